The SMILES string of the molecule is O=C(N1CCOCC1)[C@@]1(O)CCN(c2ccccc2)C1=O. The third-order valence-corrected chi connectivity index (χ3v) is 4.02. The van der Waals surface area contributed by atoms with Gasteiger partial charge in [-0.1, -0.05) is 18.2 Å². The number of anilines is 1. The Morgan fingerprint density at radius 1 is 1.14 bits per heavy atom. The molecule has 2 aliphatic rings. The minimum absolute atomic E-state index is 0.122. The van der Waals surface area contributed by atoms with Crippen molar-refractivity contribution < 1.29 is 19.4 Å². The first kappa shape index (κ1) is 14.0. The van der Waals surface area contributed by atoms with E-state index in [0.29, 0.717) is 38.5 Å². The molecule has 0 bridgehead atoms. The van der Waals surface area contributed by atoms with E-state index >= 15 is 0 Å². The van der Waals surface area contributed by atoms with Crippen LogP contribution in [0.25, 0.3) is 0 Å². The first-order valence-electron chi connectivity index (χ1n) is 7.09. The van der Waals surface area contributed by atoms with Gasteiger partial charge in [-0.25, -0.2) is 0 Å². The van der Waals surface area contributed by atoms with Crippen molar-refractivity contribution in [3.8, 4) is 0 Å². The summed E-state index contributed by atoms with van der Waals surface area (Å²) in [7, 11) is 0. The summed E-state index contributed by atoms with van der Waals surface area (Å²) in [6, 6.07) is 9.09. The van der Waals surface area contributed by atoms with E-state index in [9.17, 15) is 14.7 Å². The maximum atomic E-state index is 12.5. The zero-order chi connectivity index (χ0) is 14.9. The molecule has 1 aromatic rings. The van der Waals surface area contributed by atoms with Gasteiger partial charge in [0, 0.05) is 31.7 Å². The monoisotopic (exact) mass is 290 g/mol. The Hall–Kier alpha value is -1.92. The molecule has 21 heavy (non-hydrogen) atoms. The van der Waals surface area contributed by atoms with E-state index in [1.54, 1.807) is 12.1 Å². The largest absolute Gasteiger partial charge is 0.378 e. The van der Waals surface area contributed by atoms with E-state index < -0.39 is 17.4 Å². The van der Waals surface area contributed by atoms with E-state index in [2.05, 4.69) is 0 Å². The minimum atomic E-state index is -1.94. The van der Waals surface area contributed by atoms with E-state index in [1.807, 2.05) is 18.2 Å². The van der Waals surface area contributed by atoms with Crippen molar-refractivity contribution in [3.63, 3.8) is 0 Å². The van der Waals surface area contributed by atoms with Gasteiger partial charge in [0.15, 0.2) is 0 Å². The number of carbonyl (C=O) groups is 2. The predicted octanol–water partition coefficient (Wildman–Crippen LogP) is 0.0132. The highest BCUT2D eigenvalue weighted by Crippen LogP contribution is 2.29. The van der Waals surface area contributed by atoms with Crippen LogP contribution in [0.5, 0.6) is 0 Å². The number of ether oxygens (including phenoxy) is 1. The summed E-state index contributed by atoms with van der Waals surface area (Å²) in [5.41, 5.74) is -1.24. The molecule has 3 rings (SSSR count). The zero-order valence-electron chi connectivity index (χ0n) is 11.7. The minimum Gasteiger partial charge on any atom is -0.378 e. The van der Waals surface area contributed by atoms with Gasteiger partial charge in [0.05, 0.1) is 13.2 Å². The summed E-state index contributed by atoms with van der Waals surface area (Å²) >= 11 is 0. The third-order valence-electron chi connectivity index (χ3n) is 4.02. The Balaban J connectivity index is 1.79. The Morgan fingerprint density at radius 3 is 2.48 bits per heavy atom. The zero-order valence-corrected chi connectivity index (χ0v) is 11.7. The summed E-state index contributed by atoms with van der Waals surface area (Å²) < 4.78 is 5.19. The number of morpholine rings is 1. The van der Waals surface area contributed by atoms with Crippen LogP contribution in [-0.4, -0.2) is 60.3 Å². The summed E-state index contributed by atoms with van der Waals surface area (Å²) in [6.07, 6.45) is 0.122. The van der Waals surface area contributed by atoms with Crippen LogP contribution in [0.2, 0.25) is 0 Å². The molecule has 0 aliphatic carbocycles. The predicted molar refractivity (Wildman–Crippen MR) is 75.8 cm³/mol. The van der Waals surface area contributed by atoms with Crippen molar-refractivity contribution >= 4 is 17.5 Å². The molecule has 1 atom stereocenters. The molecule has 0 spiro atoms. The molecule has 6 nitrogen and oxygen atoms in total. The Labute approximate surface area is 122 Å². The number of nitrogens with zero attached hydrogens (tertiary/aromatic N) is 2. The Bertz CT molecular complexity index is 542. The molecule has 6 heteroatoms. The lowest BCUT2D eigenvalue weighted by Gasteiger charge is -2.32. The number of rotatable bonds is 2. The average molecular weight is 290 g/mol. The highest BCUT2D eigenvalue weighted by atomic mass is 16.5. The standard InChI is InChI=1S/C15H18N2O4/c18-13(16-8-10-21-11-9-16)15(20)6-7-17(14(15)19)12-4-2-1-3-5-12/h1-5,20H,6-11H2/t15-/m0/s1. The molecule has 2 amide bonds. The van der Waals surface area contributed by atoms with E-state index in [4.69, 9.17) is 4.74 Å². The number of hydrogen-bond donors (Lipinski definition) is 1. The number of benzene rings is 1. The third kappa shape index (κ3) is 2.41. The molecule has 112 valence electrons. The molecule has 2 heterocycles. The molecular weight excluding hydrogens is 272 g/mol. The quantitative estimate of drug-likeness (QED) is 0.779. The number of aliphatic hydroxyl groups is 1. The maximum absolute atomic E-state index is 12.5. The molecule has 0 unspecified atom stereocenters. The molecule has 1 N–H and O–H groups in total. The molecule has 2 aliphatic heterocycles. The lowest BCUT2D eigenvalue weighted by molar-refractivity contribution is -0.160. The van der Waals surface area contributed by atoms with Crippen molar-refractivity contribution in [2.24, 2.45) is 0 Å². The molecule has 2 saturated heterocycles. The van der Waals surface area contributed by atoms with Gasteiger partial charge in [-0.15, -0.1) is 0 Å². The van der Waals surface area contributed by atoms with Crippen LogP contribution in [0.1, 0.15) is 6.42 Å². The summed E-state index contributed by atoms with van der Waals surface area (Å²) in [5.74, 6) is -1.04. The Kier molecular flexibility index (Phi) is 3.65. The van der Waals surface area contributed by atoms with E-state index in [1.165, 1.54) is 9.80 Å². The number of para-hydroxylation sites is 1. The van der Waals surface area contributed by atoms with Crippen LogP contribution >= 0.6 is 0 Å². The van der Waals surface area contributed by atoms with Crippen LogP contribution in [0, 0.1) is 0 Å². The van der Waals surface area contributed by atoms with Crippen molar-refractivity contribution in [3.05, 3.63) is 30.3 Å². The van der Waals surface area contributed by atoms with Crippen LogP contribution in [-0.2, 0) is 14.3 Å². The normalized spacial score (nSPS) is 26.2. The second-order valence-electron chi connectivity index (χ2n) is 5.31. The molecule has 0 saturated carbocycles. The smallest absolute Gasteiger partial charge is 0.268 e. The van der Waals surface area contributed by atoms with Crippen LogP contribution < -0.4 is 4.90 Å². The molecular formula is C15H18N2O4. The van der Waals surface area contributed by atoms with Crippen LogP contribution in [0.4, 0.5) is 5.69 Å². The highest BCUT2D eigenvalue weighted by molar-refractivity contribution is 6.16. The fourth-order valence-electron chi connectivity index (χ4n) is 2.79. The van der Waals surface area contributed by atoms with Gasteiger partial charge >= 0.3 is 0 Å². The van der Waals surface area contributed by atoms with Crippen molar-refractivity contribution in [1.29, 1.82) is 0 Å². The van der Waals surface area contributed by atoms with Gasteiger partial charge in [-0.2, -0.15) is 0 Å². The van der Waals surface area contributed by atoms with Gasteiger partial charge in [0.25, 0.3) is 11.8 Å². The van der Waals surface area contributed by atoms with Crippen molar-refractivity contribution in [2.75, 3.05) is 37.7 Å². The molecule has 0 aromatic heterocycles. The second-order valence-corrected chi connectivity index (χ2v) is 5.31. The first-order valence-corrected chi connectivity index (χ1v) is 7.09. The number of carbonyl (C=O) groups excluding carboxylic acids is 2. The topological polar surface area (TPSA) is 70.1 Å². The Morgan fingerprint density at radius 2 is 1.81 bits per heavy atom. The fraction of sp³-hybridized carbons (Fsp3) is 0.467. The highest BCUT2D eigenvalue weighted by Gasteiger charge is 2.53. The van der Waals surface area contributed by atoms with Gasteiger partial charge in [0.1, 0.15) is 0 Å². The summed E-state index contributed by atoms with van der Waals surface area (Å²) in [4.78, 5) is 28.0. The van der Waals surface area contributed by atoms with E-state index in [0.717, 1.165) is 0 Å². The van der Waals surface area contributed by atoms with Crippen LogP contribution in [0.15, 0.2) is 30.3 Å². The lowest BCUT2D eigenvalue weighted by atomic mass is 10.0. The average Bonchev–Trinajstić information content (AvgIpc) is 2.85. The lowest BCUT2D eigenvalue weighted by Crippen LogP contribution is -2.56. The molecule has 2 fully saturated rings. The van der Waals surface area contributed by atoms with Gasteiger partial charge in [0.2, 0.25) is 5.60 Å². The number of hydrogen-bond acceptors (Lipinski definition) is 4. The van der Waals surface area contributed by atoms with Crippen molar-refractivity contribution in [2.45, 2.75) is 12.0 Å². The van der Waals surface area contributed by atoms with Gasteiger partial charge in [-0.05, 0) is 12.1 Å². The van der Waals surface area contributed by atoms with Crippen molar-refractivity contribution in [1.82, 2.24) is 4.90 Å². The van der Waals surface area contributed by atoms with Gasteiger partial charge in [-0.3, -0.25) is 9.59 Å². The maximum Gasteiger partial charge on any atom is 0.268 e. The fourth-order valence-corrected chi connectivity index (χ4v) is 2.79. The molecule has 0 radical (unpaired) electrons. The summed E-state index contributed by atoms with van der Waals surface area (Å²) in [6.45, 7) is 2.06. The molecule has 1 aromatic carbocycles. The second kappa shape index (κ2) is 5.46. The van der Waals surface area contributed by atoms with E-state index in [-0.39, 0.29) is 6.42 Å². The van der Waals surface area contributed by atoms with Gasteiger partial charge < -0.3 is 19.6 Å². The van der Waals surface area contributed by atoms with Crippen LogP contribution in [0.3, 0.4) is 0 Å². The summed E-state index contributed by atoms with van der Waals surface area (Å²) in [5, 5.41) is 10.6. The first-order chi connectivity index (χ1) is 10.1. The number of amides is 2.